The highest BCUT2D eigenvalue weighted by Gasteiger charge is 2.31. The molecule has 0 unspecified atom stereocenters. The predicted octanol–water partition coefficient (Wildman–Crippen LogP) is 6.38. The Labute approximate surface area is 189 Å². The van der Waals surface area contributed by atoms with Gasteiger partial charge in [0.15, 0.2) is 0 Å². The summed E-state index contributed by atoms with van der Waals surface area (Å²) < 4.78 is 44.3. The summed E-state index contributed by atoms with van der Waals surface area (Å²) in [6, 6.07) is 11.4. The van der Waals surface area contributed by atoms with Gasteiger partial charge in [-0.05, 0) is 48.9 Å². The highest BCUT2D eigenvalue weighted by Crippen LogP contribution is 2.35. The van der Waals surface area contributed by atoms with Crippen molar-refractivity contribution in [3.8, 4) is 17.4 Å². The van der Waals surface area contributed by atoms with Crippen molar-refractivity contribution in [1.82, 2.24) is 0 Å². The normalized spacial score (nSPS) is 11.7. The van der Waals surface area contributed by atoms with Gasteiger partial charge in [-0.3, -0.25) is 14.9 Å². The minimum Gasteiger partial charge on any atom is -0.456 e. The first-order valence-corrected chi connectivity index (χ1v) is 9.52. The maximum absolute atomic E-state index is 12.9. The van der Waals surface area contributed by atoms with E-state index in [1.54, 1.807) is 19.1 Å². The second-order valence-electron chi connectivity index (χ2n) is 6.80. The minimum absolute atomic E-state index is 0.0294. The standard InChI is InChI=1S/C22H13ClF3N3O4/c1-12-2-5-16(19(8-12)29(31)32)20-7-4-15(33-20)9-13(11-27)21(30)28-18-10-14(22(24,25)26)3-6-17(18)23/h2-10H,1H3,(H,28,30)/b13-9+. The van der Waals surface area contributed by atoms with Crippen LogP contribution in [0.15, 0.2) is 58.5 Å². The number of alkyl halides is 3. The summed E-state index contributed by atoms with van der Waals surface area (Å²) in [7, 11) is 0. The summed E-state index contributed by atoms with van der Waals surface area (Å²) in [4.78, 5) is 23.2. The van der Waals surface area contributed by atoms with Gasteiger partial charge in [0.05, 0.1) is 26.8 Å². The Hall–Kier alpha value is -4.10. The molecule has 0 bridgehead atoms. The van der Waals surface area contributed by atoms with Crippen LogP contribution in [-0.2, 0) is 11.0 Å². The van der Waals surface area contributed by atoms with Crippen LogP contribution in [0.5, 0.6) is 0 Å². The average Bonchev–Trinajstić information content (AvgIpc) is 3.21. The van der Waals surface area contributed by atoms with Crippen LogP contribution < -0.4 is 5.32 Å². The first-order chi connectivity index (χ1) is 15.5. The number of benzene rings is 2. The third-order valence-corrected chi connectivity index (χ3v) is 4.77. The number of amides is 1. The van der Waals surface area contributed by atoms with Gasteiger partial charge in [-0.15, -0.1) is 0 Å². The fourth-order valence-corrected chi connectivity index (χ4v) is 3.02. The van der Waals surface area contributed by atoms with Gasteiger partial charge in [0.1, 0.15) is 23.2 Å². The fraction of sp³-hybridized carbons (Fsp3) is 0.0909. The van der Waals surface area contributed by atoms with E-state index >= 15 is 0 Å². The number of hydrogen-bond acceptors (Lipinski definition) is 5. The summed E-state index contributed by atoms with van der Waals surface area (Å²) in [5.74, 6) is -0.855. The number of rotatable bonds is 5. The topological polar surface area (TPSA) is 109 Å². The highest BCUT2D eigenvalue weighted by molar-refractivity contribution is 6.34. The van der Waals surface area contributed by atoms with E-state index < -0.39 is 28.1 Å². The van der Waals surface area contributed by atoms with Crippen LogP contribution in [0.25, 0.3) is 17.4 Å². The van der Waals surface area contributed by atoms with Crippen LogP contribution in [0.2, 0.25) is 5.02 Å². The molecule has 2 aromatic carbocycles. The molecule has 3 aromatic rings. The van der Waals surface area contributed by atoms with Gasteiger partial charge < -0.3 is 9.73 Å². The zero-order valence-corrected chi connectivity index (χ0v) is 17.5. The van der Waals surface area contributed by atoms with Crippen LogP contribution >= 0.6 is 11.6 Å². The predicted molar refractivity (Wildman–Crippen MR) is 114 cm³/mol. The van der Waals surface area contributed by atoms with E-state index in [9.17, 15) is 33.3 Å². The molecule has 1 heterocycles. The number of nitro groups is 1. The quantitative estimate of drug-likeness (QED) is 0.199. The lowest BCUT2D eigenvalue weighted by Gasteiger charge is -2.11. The van der Waals surface area contributed by atoms with Crippen molar-refractivity contribution in [2.45, 2.75) is 13.1 Å². The van der Waals surface area contributed by atoms with Crippen LogP contribution in [0.1, 0.15) is 16.9 Å². The van der Waals surface area contributed by atoms with Crippen molar-refractivity contribution < 1.29 is 27.3 Å². The van der Waals surface area contributed by atoms with Gasteiger partial charge >= 0.3 is 6.18 Å². The zero-order valence-electron chi connectivity index (χ0n) is 16.7. The van der Waals surface area contributed by atoms with Crippen LogP contribution in [0.4, 0.5) is 24.5 Å². The lowest BCUT2D eigenvalue weighted by molar-refractivity contribution is -0.384. The fourth-order valence-electron chi connectivity index (χ4n) is 2.85. The molecule has 7 nitrogen and oxygen atoms in total. The largest absolute Gasteiger partial charge is 0.456 e. The van der Waals surface area contributed by atoms with Crippen molar-refractivity contribution in [3.05, 3.63) is 86.1 Å². The van der Waals surface area contributed by atoms with Crippen molar-refractivity contribution >= 4 is 35.0 Å². The average molecular weight is 476 g/mol. The van der Waals surface area contributed by atoms with Crippen molar-refractivity contribution in [1.29, 1.82) is 5.26 Å². The molecule has 33 heavy (non-hydrogen) atoms. The number of anilines is 1. The third kappa shape index (κ3) is 5.39. The molecule has 0 aliphatic heterocycles. The molecule has 1 amide bonds. The molecular formula is C22H13ClF3N3O4. The number of carbonyl (C=O) groups is 1. The SMILES string of the molecule is Cc1ccc(-c2ccc(/C=C(\C#N)C(=O)Nc3cc(C(F)(F)F)ccc3Cl)o2)c([N+](=O)[O-])c1. The van der Waals surface area contributed by atoms with Gasteiger partial charge in [0.2, 0.25) is 0 Å². The summed E-state index contributed by atoms with van der Waals surface area (Å²) in [5.41, 5.74) is -1.15. The lowest BCUT2D eigenvalue weighted by Crippen LogP contribution is -2.15. The number of nitriles is 1. The zero-order chi connectivity index (χ0) is 24.3. The molecule has 168 valence electrons. The number of nitrogens with one attached hydrogen (secondary N) is 1. The number of nitrogens with zero attached hydrogens (tertiary/aromatic N) is 2. The Morgan fingerprint density at radius 2 is 1.94 bits per heavy atom. The monoisotopic (exact) mass is 475 g/mol. The summed E-state index contributed by atoms with van der Waals surface area (Å²) >= 11 is 5.86. The van der Waals surface area contributed by atoms with Gasteiger partial charge in [0, 0.05) is 12.1 Å². The summed E-state index contributed by atoms with van der Waals surface area (Å²) in [6.07, 6.45) is -3.60. The Kier molecular flexibility index (Phi) is 6.55. The molecule has 11 heteroatoms. The molecule has 0 aliphatic carbocycles. The first-order valence-electron chi connectivity index (χ1n) is 9.14. The molecule has 0 radical (unpaired) electrons. The molecule has 0 aliphatic rings. The van der Waals surface area contributed by atoms with Gasteiger partial charge in [-0.2, -0.15) is 18.4 Å². The van der Waals surface area contributed by atoms with Gasteiger partial charge in [-0.25, -0.2) is 0 Å². The van der Waals surface area contributed by atoms with Gasteiger partial charge in [0.25, 0.3) is 11.6 Å². The Bertz CT molecular complexity index is 1320. The number of halogens is 4. The second-order valence-corrected chi connectivity index (χ2v) is 7.20. The lowest BCUT2D eigenvalue weighted by atomic mass is 10.1. The van der Waals surface area contributed by atoms with Crippen LogP contribution in [-0.4, -0.2) is 10.8 Å². The highest BCUT2D eigenvalue weighted by atomic mass is 35.5. The molecule has 0 atom stereocenters. The van der Waals surface area contributed by atoms with Crippen molar-refractivity contribution in [2.24, 2.45) is 0 Å². The van der Waals surface area contributed by atoms with E-state index in [4.69, 9.17) is 16.0 Å². The Morgan fingerprint density at radius 1 is 1.21 bits per heavy atom. The molecular weight excluding hydrogens is 463 g/mol. The van der Waals surface area contributed by atoms with Gasteiger partial charge in [-0.1, -0.05) is 17.7 Å². The third-order valence-electron chi connectivity index (χ3n) is 4.44. The molecule has 1 N–H and O–H groups in total. The van der Waals surface area contributed by atoms with Crippen molar-refractivity contribution in [2.75, 3.05) is 5.32 Å². The van der Waals surface area contributed by atoms with E-state index in [0.717, 1.165) is 18.2 Å². The number of hydrogen-bond donors (Lipinski definition) is 1. The summed E-state index contributed by atoms with van der Waals surface area (Å²) in [5, 5.41) is 22.7. The molecule has 3 rings (SSSR count). The van der Waals surface area contributed by atoms with E-state index in [-0.39, 0.29) is 33.5 Å². The minimum atomic E-state index is -4.65. The number of nitro benzene ring substituents is 1. The summed E-state index contributed by atoms with van der Waals surface area (Å²) in [6.45, 7) is 1.70. The van der Waals surface area contributed by atoms with E-state index in [1.165, 1.54) is 24.3 Å². The van der Waals surface area contributed by atoms with E-state index in [0.29, 0.717) is 11.6 Å². The molecule has 0 spiro atoms. The number of carbonyl (C=O) groups excluding carboxylic acids is 1. The number of furan rings is 1. The molecule has 0 saturated carbocycles. The molecule has 0 fully saturated rings. The second kappa shape index (κ2) is 9.18. The number of aryl methyl sites for hydroxylation is 1. The maximum atomic E-state index is 12.9. The van der Waals surface area contributed by atoms with Crippen LogP contribution in [0, 0.1) is 28.4 Å². The maximum Gasteiger partial charge on any atom is 0.416 e. The first kappa shape index (κ1) is 23.6. The Morgan fingerprint density at radius 3 is 2.58 bits per heavy atom. The van der Waals surface area contributed by atoms with E-state index in [2.05, 4.69) is 5.32 Å². The van der Waals surface area contributed by atoms with Crippen molar-refractivity contribution in [3.63, 3.8) is 0 Å². The van der Waals surface area contributed by atoms with Crippen LogP contribution in [0.3, 0.4) is 0 Å². The Balaban J connectivity index is 1.89. The smallest absolute Gasteiger partial charge is 0.416 e. The van der Waals surface area contributed by atoms with E-state index in [1.807, 2.05) is 0 Å². The molecule has 0 saturated heterocycles. The molecule has 1 aromatic heterocycles.